The third-order valence-electron chi connectivity index (χ3n) is 2.65. The van der Waals surface area contributed by atoms with Crippen molar-refractivity contribution < 1.29 is 9.94 Å². The second-order valence-corrected chi connectivity index (χ2v) is 3.57. The summed E-state index contributed by atoms with van der Waals surface area (Å²) in [6.07, 6.45) is 3.29. The Hall–Kier alpha value is -0.810. The summed E-state index contributed by atoms with van der Waals surface area (Å²) in [6.45, 7) is 2.54. The normalized spacial score (nSPS) is 25.2. The fraction of sp³-hybridized carbons (Fsp3) is 0.889. The van der Waals surface area contributed by atoms with Gasteiger partial charge in [-0.2, -0.15) is 0 Å². The Morgan fingerprint density at radius 2 is 2.43 bits per heavy atom. The van der Waals surface area contributed by atoms with Crippen LogP contribution >= 0.6 is 0 Å². The number of nitrogens with two attached hydrogens (primary N) is 1. The van der Waals surface area contributed by atoms with Crippen LogP contribution in [0.3, 0.4) is 0 Å². The van der Waals surface area contributed by atoms with Crippen molar-refractivity contribution in [2.24, 2.45) is 10.9 Å². The molecule has 1 unspecified atom stereocenters. The van der Waals surface area contributed by atoms with Crippen LogP contribution in [0.25, 0.3) is 0 Å². The summed E-state index contributed by atoms with van der Waals surface area (Å²) >= 11 is 0. The predicted molar refractivity (Wildman–Crippen MR) is 54.5 cm³/mol. The summed E-state index contributed by atoms with van der Waals surface area (Å²) in [5.74, 6) is 0.320. The van der Waals surface area contributed by atoms with Gasteiger partial charge in [0.25, 0.3) is 0 Å². The summed E-state index contributed by atoms with van der Waals surface area (Å²) < 4.78 is 5.02. The highest BCUT2D eigenvalue weighted by molar-refractivity contribution is 5.85. The zero-order chi connectivity index (χ0) is 10.4. The summed E-state index contributed by atoms with van der Waals surface area (Å²) in [7, 11) is 1.68. The van der Waals surface area contributed by atoms with Gasteiger partial charge in [-0.1, -0.05) is 11.6 Å². The quantitative estimate of drug-likeness (QED) is 0.296. The van der Waals surface area contributed by atoms with E-state index in [9.17, 15) is 0 Å². The lowest BCUT2D eigenvalue weighted by atomic mass is 10.0. The van der Waals surface area contributed by atoms with Gasteiger partial charge in [0.2, 0.25) is 0 Å². The Balaban J connectivity index is 2.50. The van der Waals surface area contributed by atoms with E-state index in [2.05, 4.69) is 10.1 Å². The van der Waals surface area contributed by atoms with E-state index in [-0.39, 0.29) is 6.04 Å². The molecule has 1 atom stereocenters. The number of ether oxygens (including phenoxy) is 1. The Kier molecular flexibility index (Phi) is 4.69. The molecule has 0 spiro atoms. The highest BCUT2D eigenvalue weighted by Gasteiger charge is 2.25. The number of nitrogens with zero attached hydrogens (tertiary/aromatic N) is 2. The first-order valence-corrected chi connectivity index (χ1v) is 5.00. The fourth-order valence-corrected chi connectivity index (χ4v) is 1.87. The molecule has 14 heavy (non-hydrogen) atoms. The molecule has 0 aromatic heterocycles. The molecule has 0 saturated carbocycles. The molecule has 0 radical (unpaired) electrons. The van der Waals surface area contributed by atoms with Crippen LogP contribution in [0.5, 0.6) is 0 Å². The molecule has 0 bridgehead atoms. The molecule has 0 aromatic rings. The molecular formula is C9H19N3O2. The van der Waals surface area contributed by atoms with Crippen molar-refractivity contribution in [1.82, 2.24) is 4.90 Å². The van der Waals surface area contributed by atoms with E-state index in [1.165, 1.54) is 6.42 Å². The molecule has 1 heterocycles. The van der Waals surface area contributed by atoms with Crippen molar-refractivity contribution >= 4 is 5.84 Å². The van der Waals surface area contributed by atoms with Crippen LogP contribution in [0.4, 0.5) is 0 Å². The van der Waals surface area contributed by atoms with Gasteiger partial charge in [0.05, 0.1) is 12.6 Å². The van der Waals surface area contributed by atoms with Gasteiger partial charge in [-0.25, -0.2) is 0 Å². The first-order chi connectivity index (χ1) is 6.79. The zero-order valence-electron chi connectivity index (χ0n) is 8.65. The Labute approximate surface area is 84.5 Å². The Morgan fingerprint density at radius 3 is 3.07 bits per heavy atom. The predicted octanol–water partition coefficient (Wildman–Crippen LogP) is 0.234. The zero-order valence-corrected chi connectivity index (χ0v) is 8.65. The molecule has 1 rings (SSSR count). The first kappa shape index (κ1) is 11.3. The third kappa shape index (κ3) is 2.85. The standard InChI is InChI=1S/C9H19N3O2/c1-14-7-6-12-5-3-2-4-8(12)9(10)11-13/h8,13H,2-7H2,1H3,(H2,10,11). The number of hydrogen-bond donors (Lipinski definition) is 2. The van der Waals surface area contributed by atoms with E-state index in [0.717, 1.165) is 25.9 Å². The van der Waals surface area contributed by atoms with Crippen molar-refractivity contribution in [2.75, 3.05) is 26.8 Å². The highest BCUT2D eigenvalue weighted by Crippen LogP contribution is 2.16. The summed E-state index contributed by atoms with van der Waals surface area (Å²) in [6, 6.07) is 0.0869. The van der Waals surface area contributed by atoms with E-state index < -0.39 is 0 Å². The molecule has 1 fully saturated rings. The maximum atomic E-state index is 8.64. The lowest BCUT2D eigenvalue weighted by Crippen LogP contribution is -2.48. The molecule has 0 aromatic carbocycles. The van der Waals surface area contributed by atoms with Crippen molar-refractivity contribution in [3.63, 3.8) is 0 Å². The van der Waals surface area contributed by atoms with Crippen LogP contribution in [0.1, 0.15) is 19.3 Å². The summed E-state index contributed by atoms with van der Waals surface area (Å²) in [5, 5.41) is 11.7. The van der Waals surface area contributed by atoms with Gasteiger partial charge in [-0.15, -0.1) is 0 Å². The topological polar surface area (TPSA) is 71.1 Å². The van der Waals surface area contributed by atoms with Crippen molar-refractivity contribution in [3.05, 3.63) is 0 Å². The highest BCUT2D eigenvalue weighted by atomic mass is 16.5. The molecule has 1 aliphatic heterocycles. The Bertz CT molecular complexity index is 196. The third-order valence-corrected chi connectivity index (χ3v) is 2.65. The van der Waals surface area contributed by atoms with Crippen LogP contribution in [0.2, 0.25) is 0 Å². The molecule has 5 nitrogen and oxygen atoms in total. The van der Waals surface area contributed by atoms with Gasteiger partial charge in [0.1, 0.15) is 0 Å². The van der Waals surface area contributed by atoms with E-state index >= 15 is 0 Å². The minimum absolute atomic E-state index is 0.0869. The second kappa shape index (κ2) is 5.82. The minimum Gasteiger partial charge on any atom is -0.409 e. The summed E-state index contributed by atoms with van der Waals surface area (Å²) in [4.78, 5) is 2.21. The number of piperidine rings is 1. The number of rotatable bonds is 4. The maximum Gasteiger partial charge on any atom is 0.156 e. The molecule has 1 saturated heterocycles. The maximum absolute atomic E-state index is 8.64. The van der Waals surface area contributed by atoms with Crippen molar-refractivity contribution in [2.45, 2.75) is 25.3 Å². The van der Waals surface area contributed by atoms with E-state index in [4.69, 9.17) is 15.7 Å². The van der Waals surface area contributed by atoms with Crippen LogP contribution < -0.4 is 5.73 Å². The Morgan fingerprint density at radius 1 is 1.64 bits per heavy atom. The lowest BCUT2D eigenvalue weighted by Gasteiger charge is -2.34. The second-order valence-electron chi connectivity index (χ2n) is 3.57. The molecule has 1 aliphatic rings. The minimum atomic E-state index is 0.0869. The molecular weight excluding hydrogens is 182 g/mol. The lowest BCUT2D eigenvalue weighted by molar-refractivity contribution is 0.117. The SMILES string of the molecule is COCCN1CCCCC1C(N)=NO. The first-order valence-electron chi connectivity index (χ1n) is 5.00. The average molecular weight is 201 g/mol. The largest absolute Gasteiger partial charge is 0.409 e. The monoisotopic (exact) mass is 201 g/mol. The van der Waals surface area contributed by atoms with E-state index in [0.29, 0.717) is 12.4 Å². The average Bonchev–Trinajstić information content (AvgIpc) is 2.25. The fourth-order valence-electron chi connectivity index (χ4n) is 1.87. The van der Waals surface area contributed by atoms with Gasteiger partial charge in [0.15, 0.2) is 5.84 Å². The van der Waals surface area contributed by atoms with Gasteiger partial charge in [0, 0.05) is 13.7 Å². The number of methoxy groups -OCH3 is 1. The van der Waals surface area contributed by atoms with Gasteiger partial charge < -0.3 is 15.7 Å². The van der Waals surface area contributed by atoms with Crippen LogP contribution in [0, 0.1) is 0 Å². The van der Waals surface area contributed by atoms with Crippen LogP contribution in [0.15, 0.2) is 5.16 Å². The molecule has 5 heteroatoms. The van der Waals surface area contributed by atoms with Gasteiger partial charge in [-0.3, -0.25) is 4.90 Å². The van der Waals surface area contributed by atoms with E-state index in [1.54, 1.807) is 7.11 Å². The summed E-state index contributed by atoms with van der Waals surface area (Å²) in [5.41, 5.74) is 5.63. The number of likely N-dealkylation sites (tertiary alicyclic amines) is 1. The molecule has 0 aliphatic carbocycles. The van der Waals surface area contributed by atoms with Crippen molar-refractivity contribution in [3.8, 4) is 0 Å². The number of oxime groups is 1. The van der Waals surface area contributed by atoms with Gasteiger partial charge >= 0.3 is 0 Å². The number of amidine groups is 1. The van der Waals surface area contributed by atoms with Crippen LogP contribution in [-0.4, -0.2) is 48.8 Å². The molecule has 3 N–H and O–H groups in total. The van der Waals surface area contributed by atoms with E-state index in [1.807, 2.05) is 0 Å². The molecule has 82 valence electrons. The van der Waals surface area contributed by atoms with Gasteiger partial charge in [-0.05, 0) is 19.4 Å². The van der Waals surface area contributed by atoms with Crippen LogP contribution in [-0.2, 0) is 4.74 Å². The molecule has 0 amide bonds. The smallest absolute Gasteiger partial charge is 0.156 e. The number of hydrogen-bond acceptors (Lipinski definition) is 4. The van der Waals surface area contributed by atoms with Crippen molar-refractivity contribution in [1.29, 1.82) is 0 Å².